The quantitative estimate of drug-likeness (QED) is 0.849. The lowest BCUT2D eigenvalue weighted by Crippen LogP contribution is -2.32. The molecule has 0 saturated carbocycles. The summed E-state index contributed by atoms with van der Waals surface area (Å²) in [6.07, 6.45) is 6.75. The summed E-state index contributed by atoms with van der Waals surface area (Å²) in [7, 11) is 0. The molecular weight excluding hydrogens is 250 g/mol. The maximum atomic E-state index is 11.8. The lowest BCUT2D eigenvalue weighted by atomic mass is 10.2. The highest BCUT2D eigenvalue weighted by Crippen LogP contribution is 2.09. The van der Waals surface area contributed by atoms with Crippen LogP contribution >= 0.6 is 0 Å². The highest BCUT2D eigenvalue weighted by atomic mass is 16.1. The van der Waals surface area contributed by atoms with Gasteiger partial charge in [0.15, 0.2) is 0 Å². The van der Waals surface area contributed by atoms with Crippen LogP contribution in [0.1, 0.15) is 32.4 Å². The molecule has 0 aliphatic carbocycles. The maximum absolute atomic E-state index is 11.8. The zero-order valence-electron chi connectivity index (χ0n) is 11.8. The van der Waals surface area contributed by atoms with Gasteiger partial charge in [0, 0.05) is 12.1 Å². The van der Waals surface area contributed by atoms with E-state index in [1.165, 1.54) is 6.08 Å². The summed E-state index contributed by atoms with van der Waals surface area (Å²) < 4.78 is 0. The Kier molecular flexibility index (Phi) is 4.82. The summed E-state index contributed by atoms with van der Waals surface area (Å²) in [5.74, 6) is -0.0892. The van der Waals surface area contributed by atoms with Crippen LogP contribution in [0.5, 0.6) is 0 Å². The van der Waals surface area contributed by atoms with Gasteiger partial charge >= 0.3 is 0 Å². The minimum atomic E-state index is -0.0892. The smallest absolute Gasteiger partial charge is 0.244 e. The highest BCUT2D eigenvalue weighted by Gasteiger charge is 2.05. The van der Waals surface area contributed by atoms with Crippen molar-refractivity contribution in [3.05, 3.63) is 42.2 Å². The number of benzene rings is 1. The van der Waals surface area contributed by atoms with Gasteiger partial charge in [0.2, 0.25) is 5.91 Å². The fourth-order valence-electron chi connectivity index (χ4n) is 1.95. The number of fused-ring (bicyclic) bond motifs is 1. The Bertz CT molecular complexity index is 618. The van der Waals surface area contributed by atoms with E-state index in [9.17, 15) is 4.79 Å². The number of hydrogen-bond acceptors (Lipinski definition) is 3. The number of para-hydroxylation sites is 2. The fourth-order valence-corrected chi connectivity index (χ4v) is 1.95. The van der Waals surface area contributed by atoms with E-state index < -0.39 is 0 Å². The molecular formula is C16H19N3O. The molecule has 4 heteroatoms. The van der Waals surface area contributed by atoms with Crippen LogP contribution in [-0.2, 0) is 4.79 Å². The number of rotatable bonds is 5. The number of carbonyl (C=O) groups is 1. The van der Waals surface area contributed by atoms with Crippen molar-refractivity contribution in [1.29, 1.82) is 0 Å². The van der Waals surface area contributed by atoms with Gasteiger partial charge in [-0.25, -0.2) is 4.98 Å². The number of aromatic nitrogens is 2. The Morgan fingerprint density at radius 1 is 1.25 bits per heavy atom. The third-order valence-corrected chi connectivity index (χ3v) is 3.20. The summed E-state index contributed by atoms with van der Waals surface area (Å²) in [5.41, 5.74) is 2.37. The molecule has 2 aromatic rings. The van der Waals surface area contributed by atoms with E-state index in [1.54, 1.807) is 12.3 Å². The molecule has 0 aliphatic rings. The van der Waals surface area contributed by atoms with E-state index >= 15 is 0 Å². The number of nitrogens with one attached hydrogen (secondary N) is 1. The van der Waals surface area contributed by atoms with Gasteiger partial charge in [0.1, 0.15) is 0 Å². The molecule has 2 rings (SSSR count). The van der Waals surface area contributed by atoms with Crippen molar-refractivity contribution in [1.82, 2.24) is 15.3 Å². The second-order valence-corrected chi connectivity index (χ2v) is 4.64. The Morgan fingerprint density at radius 3 is 2.65 bits per heavy atom. The zero-order chi connectivity index (χ0) is 14.4. The predicted octanol–water partition coefficient (Wildman–Crippen LogP) is 2.95. The van der Waals surface area contributed by atoms with Crippen molar-refractivity contribution in [2.75, 3.05) is 0 Å². The molecule has 0 unspecified atom stereocenters. The Morgan fingerprint density at radius 2 is 1.95 bits per heavy atom. The summed E-state index contributed by atoms with van der Waals surface area (Å²) in [6, 6.07) is 7.90. The molecule has 20 heavy (non-hydrogen) atoms. The number of hydrogen-bond donors (Lipinski definition) is 1. The highest BCUT2D eigenvalue weighted by molar-refractivity contribution is 5.91. The number of carbonyl (C=O) groups excluding carboxylic acids is 1. The van der Waals surface area contributed by atoms with Gasteiger partial charge in [-0.05, 0) is 31.1 Å². The number of nitrogens with zero attached hydrogens (tertiary/aromatic N) is 2. The first-order valence-electron chi connectivity index (χ1n) is 6.93. The van der Waals surface area contributed by atoms with Crippen LogP contribution < -0.4 is 5.32 Å². The first-order chi connectivity index (χ1) is 9.72. The maximum Gasteiger partial charge on any atom is 0.244 e. The van der Waals surface area contributed by atoms with Gasteiger partial charge in [0.05, 0.1) is 22.9 Å². The summed E-state index contributed by atoms with van der Waals surface area (Å²) in [5, 5.41) is 2.95. The minimum absolute atomic E-state index is 0.0892. The molecule has 0 aliphatic heterocycles. The average molecular weight is 269 g/mol. The van der Waals surface area contributed by atoms with Crippen molar-refractivity contribution in [2.24, 2.45) is 0 Å². The summed E-state index contributed by atoms with van der Waals surface area (Å²) in [6.45, 7) is 4.12. The van der Waals surface area contributed by atoms with Gasteiger partial charge in [-0.15, -0.1) is 0 Å². The van der Waals surface area contributed by atoms with Crippen LogP contribution in [0.3, 0.4) is 0 Å². The second-order valence-electron chi connectivity index (χ2n) is 4.64. The van der Waals surface area contributed by atoms with Gasteiger partial charge < -0.3 is 5.32 Å². The van der Waals surface area contributed by atoms with Crippen LogP contribution in [0.2, 0.25) is 0 Å². The van der Waals surface area contributed by atoms with Crippen molar-refractivity contribution in [2.45, 2.75) is 32.7 Å². The van der Waals surface area contributed by atoms with E-state index in [0.29, 0.717) is 5.69 Å². The van der Waals surface area contributed by atoms with Crippen LogP contribution in [0.15, 0.2) is 36.5 Å². The van der Waals surface area contributed by atoms with Gasteiger partial charge in [-0.1, -0.05) is 26.0 Å². The molecule has 104 valence electrons. The third kappa shape index (κ3) is 3.63. The fraction of sp³-hybridized carbons (Fsp3) is 0.312. The topological polar surface area (TPSA) is 54.9 Å². The normalized spacial score (nSPS) is 11.3. The van der Waals surface area contributed by atoms with Gasteiger partial charge in [-0.2, -0.15) is 0 Å². The van der Waals surface area contributed by atoms with E-state index in [4.69, 9.17) is 0 Å². The zero-order valence-corrected chi connectivity index (χ0v) is 11.8. The van der Waals surface area contributed by atoms with E-state index in [0.717, 1.165) is 23.9 Å². The SMILES string of the molecule is CCC(CC)NC(=O)/C=C/c1cnc2ccccc2n1. The van der Waals surface area contributed by atoms with E-state index in [1.807, 2.05) is 24.3 Å². The Hall–Kier alpha value is -2.23. The van der Waals surface area contributed by atoms with Crippen molar-refractivity contribution in [3.63, 3.8) is 0 Å². The van der Waals surface area contributed by atoms with Crippen molar-refractivity contribution >= 4 is 23.0 Å². The molecule has 0 atom stereocenters. The van der Waals surface area contributed by atoms with E-state index in [-0.39, 0.29) is 11.9 Å². The number of amides is 1. The third-order valence-electron chi connectivity index (χ3n) is 3.20. The molecule has 0 radical (unpaired) electrons. The monoisotopic (exact) mass is 269 g/mol. The van der Waals surface area contributed by atoms with Crippen molar-refractivity contribution in [3.8, 4) is 0 Å². The Balaban J connectivity index is 2.07. The molecule has 0 saturated heterocycles. The second kappa shape index (κ2) is 6.80. The molecule has 0 spiro atoms. The summed E-state index contributed by atoms with van der Waals surface area (Å²) in [4.78, 5) is 20.5. The average Bonchev–Trinajstić information content (AvgIpc) is 2.50. The molecule has 1 aromatic carbocycles. The predicted molar refractivity (Wildman–Crippen MR) is 81.1 cm³/mol. The van der Waals surface area contributed by atoms with Crippen LogP contribution in [0, 0.1) is 0 Å². The van der Waals surface area contributed by atoms with Crippen LogP contribution in [-0.4, -0.2) is 21.9 Å². The standard InChI is InChI=1S/C16H19N3O/c1-3-12(4-2)19-16(20)10-9-13-11-17-14-7-5-6-8-15(14)18-13/h5-12H,3-4H2,1-2H3,(H,19,20)/b10-9+. The lowest BCUT2D eigenvalue weighted by molar-refractivity contribution is -0.117. The molecule has 1 aromatic heterocycles. The molecule has 4 nitrogen and oxygen atoms in total. The molecule has 1 heterocycles. The minimum Gasteiger partial charge on any atom is -0.350 e. The van der Waals surface area contributed by atoms with Gasteiger partial charge in [0.25, 0.3) is 0 Å². The lowest BCUT2D eigenvalue weighted by Gasteiger charge is -2.12. The molecule has 1 amide bonds. The van der Waals surface area contributed by atoms with Gasteiger partial charge in [-0.3, -0.25) is 9.78 Å². The van der Waals surface area contributed by atoms with Crippen LogP contribution in [0.25, 0.3) is 17.1 Å². The van der Waals surface area contributed by atoms with E-state index in [2.05, 4.69) is 29.1 Å². The Labute approximate surface area is 118 Å². The van der Waals surface area contributed by atoms with Crippen molar-refractivity contribution < 1.29 is 4.79 Å². The largest absolute Gasteiger partial charge is 0.350 e. The first kappa shape index (κ1) is 14.2. The molecule has 1 N–H and O–H groups in total. The summed E-state index contributed by atoms with van der Waals surface area (Å²) >= 11 is 0. The van der Waals surface area contributed by atoms with Crippen LogP contribution in [0.4, 0.5) is 0 Å². The first-order valence-corrected chi connectivity index (χ1v) is 6.93. The molecule has 0 fully saturated rings. The molecule has 0 bridgehead atoms.